The summed E-state index contributed by atoms with van der Waals surface area (Å²) >= 11 is 0. The van der Waals surface area contributed by atoms with E-state index in [1.54, 1.807) is 17.8 Å². The zero-order chi connectivity index (χ0) is 18.9. The highest BCUT2D eigenvalue weighted by atomic mass is 19.1. The fraction of sp³-hybridized carbons (Fsp3) is 0.571. The van der Waals surface area contributed by atoms with E-state index in [0.717, 1.165) is 32.1 Å². The predicted octanol–water partition coefficient (Wildman–Crippen LogP) is 3.50. The largest absolute Gasteiger partial charge is 0.336 e. The van der Waals surface area contributed by atoms with Gasteiger partial charge in [-0.25, -0.2) is 4.39 Å². The number of carbonyl (C=O) groups excluding carboxylic acids is 1. The molecule has 4 aliphatic rings. The Kier molecular flexibility index (Phi) is 3.43. The number of carbonyl (C=O) groups is 1. The number of aryl methyl sites for hydroxylation is 1. The number of halogens is 1. The molecule has 2 saturated carbocycles. The number of hydrogen-bond acceptors (Lipinski definition) is 3. The second-order valence-corrected chi connectivity index (χ2v) is 8.76. The van der Waals surface area contributed by atoms with Crippen LogP contribution >= 0.6 is 0 Å². The first-order valence-electron chi connectivity index (χ1n) is 9.77. The van der Waals surface area contributed by atoms with E-state index in [4.69, 9.17) is 0 Å². The smallest absolute Gasteiger partial charge is 0.232 e. The van der Waals surface area contributed by atoms with Gasteiger partial charge in [-0.05, 0) is 57.1 Å². The van der Waals surface area contributed by atoms with Crippen LogP contribution in [0.25, 0.3) is 10.9 Å². The molecule has 2 aromatic rings. The number of aromatic nitrogens is 2. The zero-order valence-corrected chi connectivity index (χ0v) is 15.7. The molecule has 3 heterocycles. The molecule has 6 rings (SSSR count). The van der Waals surface area contributed by atoms with E-state index < -0.39 is 5.92 Å². The van der Waals surface area contributed by atoms with E-state index in [2.05, 4.69) is 11.2 Å². The number of nitrogens with zero attached hydrogens (tertiary/aromatic N) is 4. The highest BCUT2D eigenvalue weighted by Crippen LogP contribution is 2.56. The van der Waals surface area contributed by atoms with Gasteiger partial charge in [0.05, 0.1) is 34.0 Å². The summed E-state index contributed by atoms with van der Waals surface area (Å²) in [5.41, 5.74) is 0.980. The first-order chi connectivity index (χ1) is 12.9. The molecule has 4 fully saturated rings. The lowest BCUT2D eigenvalue weighted by Gasteiger charge is -2.59. The number of rotatable bonds is 2. The Morgan fingerprint density at radius 1 is 1.33 bits per heavy atom. The number of nitriles is 1. The predicted molar refractivity (Wildman–Crippen MR) is 98.1 cm³/mol. The van der Waals surface area contributed by atoms with E-state index >= 15 is 0 Å². The SMILES string of the molecule is CC(C(=O)N1C2CC3CC1CC(C#N)(C3)C2)c1nn(C)c2cccc(F)c12. The minimum atomic E-state index is -0.499. The molecule has 1 aromatic heterocycles. The Balaban J connectivity index is 1.50. The van der Waals surface area contributed by atoms with E-state index in [0.29, 0.717) is 22.5 Å². The second-order valence-electron chi connectivity index (χ2n) is 8.76. The Morgan fingerprint density at radius 2 is 2.04 bits per heavy atom. The standard InChI is InChI=1S/C21H23FN4O/c1-12(19-18-16(22)4-3-5-17(18)25(2)24-19)20(27)26-14-6-13-7-15(26)10-21(8-13,9-14)11-23/h3-5,12-15H,6-10H2,1-2H3. The fourth-order valence-electron chi connectivity index (χ4n) is 6.07. The van der Waals surface area contributed by atoms with Crippen LogP contribution in [-0.2, 0) is 11.8 Å². The van der Waals surface area contributed by atoms with Gasteiger partial charge in [-0.2, -0.15) is 10.4 Å². The van der Waals surface area contributed by atoms with Crippen molar-refractivity contribution in [2.75, 3.05) is 0 Å². The summed E-state index contributed by atoms with van der Waals surface area (Å²) in [7, 11) is 1.78. The number of fused-ring (bicyclic) bond motifs is 1. The maximum atomic E-state index is 14.5. The molecule has 0 N–H and O–H groups in total. The Hall–Kier alpha value is -2.42. The molecule has 6 heteroatoms. The third-order valence-electron chi connectivity index (χ3n) is 7.06. The van der Waals surface area contributed by atoms with E-state index in [9.17, 15) is 14.4 Å². The van der Waals surface area contributed by atoms with Crippen LogP contribution in [0.3, 0.4) is 0 Å². The second kappa shape index (κ2) is 5.54. The first kappa shape index (κ1) is 16.7. The Bertz CT molecular complexity index is 974. The van der Waals surface area contributed by atoms with Crippen molar-refractivity contribution < 1.29 is 9.18 Å². The highest BCUT2D eigenvalue weighted by Gasteiger charge is 2.56. The van der Waals surface area contributed by atoms with Gasteiger partial charge < -0.3 is 4.90 Å². The van der Waals surface area contributed by atoms with E-state index in [1.165, 1.54) is 6.07 Å². The summed E-state index contributed by atoms with van der Waals surface area (Å²) < 4.78 is 16.1. The van der Waals surface area contributed by atoms with E-state index in [1.807, 2.05) is 17.9 Å². The van der Waals surface area contributed by atoms with Crippen molar-refractivity contribution in [2.45, 2.75) is 57.0 Å². The van der Waals surface area contributed by atoms with Crippen LogP contribution in [-0.4, -0.2) is 32.7 Å². The fourth-order valence-corrected chi connectivity index (χ4v) is 6.07. The number of piperidine rings is 2. The van der Waals surface area contributed by atoms with Crippen molar-refractivity contribution in [1.29, 1.82) is 5.26 Å². The van der Waals surface area contributed by atoms with Gasteiger partial charge in [-0.1, -0.05) is 6.07 Å². The van der Waals surface area contributed by atoms with Crippen molar-refractivity contribution in [3.05, 3.63) is 29.7 Å². The monoisotopic (exact) mass is 366 g/mol. The maximum Gasteiger partial charge on any atom is 0.232 e. The molecule has 4 bridgehead atoms. The quantitative estimate of drug-likeness (QED) is 0.817. The molecule has 1 aromatic carbocycles. The van der Waals surface area contributed by atoms with Crippen molar-refractivity contribution in [2.24, 2.45) is 18.4 Å². The molecule has 2 saturated heterocycles. The van der Waals surface area contributed by atoms with Gasteiger partial charge in [-0.15, -0.1) is 0 Å². The lowest BCUT2D eigenvalue weighted by Crippen LogP contribution is -2.63. The zero-order valence-electron chi connectivity index (χ0n) is 15.7. The van der Waals surface area contributed by atoms with Gasteiger partial charge in [0, 0.05) is 19.1 Å². The first-order valence-corrected chi connectivity index (χ1v) is 9.77. The molecular weight excluding hydrogens is 343 g/mol. The Morgan fingerprint density at radius 3 is 2.70 bits per heavy atom. The highest BCUT2D eigenvalue weighted by molar-refractivity contribution is 5.91. The average Bonchev–Trinajstić information content (AvgIpc) is 2.98. The van der Waals surface area contributed by atoms with Crippen LogP contribution in [0.2, 0.25) is 0 Å². The van der Waals surface area contributed by atoms with Gasteiger partial charge in [-0.3, -0.25) is 9.48 Å². The summed E-state index contributed by atoms with van der Waals surface area (Å²) in [6.07, 6.45) is 4.55. The topological polar surface area (TPSA) is 61.9 Å². The molecule has 0 spiro atoms. The minimum absolute atomic E-state index is 0.0279. The van der Waals surface area contributed by atoms with Crippen LogP contribution < -0.4 is 0 Å². The molecular formula is C21H23FN4O. The van der Waals surface area contributed by atoms with Gasteiger partial charge in [0.15, 0.2) is 0 Å². The Labute approximate surface area is 157 Å². The number of hydrogen-bond donors (Lipinski definition) is 0. The average molecular weight is 366 g/mol. The molecule has 3 unspecified atom stereocenters. The van der Waals surface area contributed by atoms with Crippen molar-refractivity contribution in [3.8, 4) is 6.07 Å². The normalized spacial score (nSPS) is 32.7. The van der Waals surface area contributed by atoms with Gasteiger partial charge in [0.1, 0.15) is 5.82 Å². The van der Waals surface area contributed by atoms with Gasteiger partial charge in [0.2, 0.25) is 5.91 Å². The molecule has 27 heavy (non-hydrogen) atoms. The summed E-state index contributed by atoms with van der Waals surface area (Å²) in [5.74, 6) is -0.241. The third kappa shape index (κ3) is 2.27. The maximum absolute atomic E-state index is 14.5. The van der Waals surface area contributed by atoms with Gasteiger partial charge >= 0.3 is 0 Å². The molecule has 140 valence electrons. The molecule has 5 nitrogen and oxygen atoms in total. The summed E-state index contributed by atoms with van der Waals surface area (Å²) in [4.78, 5) is 15.5. The summed E-state index contributed by atoms with van der Waals surface area (Å²) in [6, 6.07) is 7.76. The van der Waals surface area contributed by atoms with Crippen molar-refractivity contribution in [1.82, 2.24) is 14.7 Å². The molecule has 2 aliphatic heterocycles. The number of benzene rings is 1. The van der Waals surface area contributed by atoms with Crippen LogP contribution in [0.1, 0.15) is 50.6 Å². The van der Waals surface area contributed by atoms with Crippen LogP contribution in [0.4, 0.5) is 4.39 Å². The van der Waals surface area contributed by atoms with Crippen molar-refractivity contribution in [3.63, 3.8) is 0 Å². The number of amides is 1. The summed E-state index contributed by atoms with van der Waals surface area (Å²) in [5, 5.41) is 14.6. The summed E-state index contributed by atoms with van der Waals surface area (Å²) in [6.45, 7) is 1.83. The minimum Gasteiger partial charge on any atom is -0.336 e. The molecule has 1 amide bonds. The van der Waals surface area contributed by atoms with Crippen molar-refractivity contribution >= 4 is 16.8 Å². The lowest BCUT2D eigenvalue weighted by molar-refractivity contribution is -0.154. The van der Waals surface area contributed by atoms with Crippen LogP contribution in [0.5, 0.6) is 0 Å². The van der Waals surface area contributed by atoms with E-state index in [-0.39, 0.29) is 29.2 Å². The van der Waals surface area contributed by atoms with Crippen LogP contribution in [0, 0.1) is 28.5 Å². The third-order valence-corrected chi connectivity index (χ3v) is 7.06. The molecule has 3 atom stereocenters. The molecule has 0 radical (unpaired) electrons. The lowest BCUT2D eigenvalue weighted by atomic mass is 9.56. The molecule has 2 aliphatic carbocycles. The van der Waals surface area contributed by atoms with Crippen LogP contribution in [0.15, 0.2) is 18.2 Å². The van der Waals surface area contributed by atoms with Gasteiger partial charge in [0.25, 0.3) is 0 Å².